The summed E-state index contributed by atoms with van der Waals surface area (Å²) in [7, 11) is 0. The van der Waals surface area contributed by atoms with Crippen LogP contribution >= 0.6 is 12.4 Å². The molecule has 142 valence electrons. The largest absolute Gasteiger partial charge is 0.342 e. The summed E-state index contributed by atoms with van der Waals surface area (Å²) in [5.74, 6) is 0.799. The molecule has 26 heavy (non-hydrogen) atoms. The van der Waals surface area contributed by atoms with Crippen LogP contribution in [0.2, 0.25) is 0 Å². The molecule has 5 rings (SSSR count). The normalized spacial score (nSPS) is 32.0. The zero-order valence-electron chi connectivity index (χ0n) is 15.6. The van der Waals surface area contributed by atoms with Gasteiger partial charge in [0.05, 0.1) is 0 Å². The first-order valence-corrected chi connectivity index (χ1v) is 10.3. The Morgan fingerprint density at radius 3 is 2.69 bits per heavy atom. The van der Waals surface area contributed by atoms with Crippen molar-refractivity contribution in [1.82, 2.24) is 10.2 Å². The van der Waals surface area contributed by atoms with Crippen LogP contribution in [0.25, 0.3) is 0 Å². The van der Waals surface area contributed by atoms with Crippen molar-refractivity contribution in [2.75, 3.05) is 26.2 Å². The van der Waals surface area contributed by atoms with Crippen molar-refractivity contribution >= 4 is 18.3 Å². The van der Waals surface area contributed by atoms with E-state index < -0.39 is 0 Å². The lowest BCUT2D eigenvalue weighted by molar-refractivity contribution is -0.136. The number of rotatable bonds is 1. The Kier molecular flexibility index (Phi) is 4.81. The fraction of sp³-hybridized carbons (Fsp3) is 0.682. The minimum absolute atomic E-state index is 0. The summed E-state index contributed by atoms with van der Waals surface area (Å²) in [6.45, 7) is 4.14. The molecule has 2 saturated heterocycles. The minimum atomic E-state index is 0. The predicted molar refractivity (Wildman–Crippen MR) is 107 cm³/mol. The van der Waals surface area contributed by atoms with Crippen LogP contribution in [-0.2, 0) is 16.6 Å². The van der Waals surface area contributed by atoms with Gasteiger partial charge in [0.1, 0.15) is 0 Å². The lowest BCUT2D eigenvalue weighted by Gasteiger charge is -2.46. The number of nitrogens with one attached hydrogen (secondary N) is 1. The third-order valence-corrected chi connectivity index (χ3v) is 7.67. The van der Waals surface area contributed by atoms with E-state index in [4.69, 9.17) is 0 Å². The number of hydrogen-bond acceptors (Lipinski definition) is 2. The molecular formula is C22H31ClN2O. The first-order chi connectivity index (χ1) is 12.2. The molecule has 2 aliphatic carbocycles. The van der Waals surface area contributed by atoms with Crippen LogP contribution in [0.5, 0.6) is 0 Å². The number of fused-ring (bicyclic) bond motifs is 2. The molecule has 2 spiro atoms. The molecule has 1 aromatic carbocycles. The van der Waals surface area contributed by atoms with E-state index in [0.29, 0.717) is 17.2 Å². The van der Waals surface area contributed by atoms with Gasteiger partial charge in [0.2, 0.25) is 5.91 Å². The number of carbonyl (C=O) groups excluding carboxylic acids is 1. The molecule has 0 aromatic heterocycles. The summed E-state index contributed by atoms with van der Waals surface area (Å²) in [6, 6.07) is 9.02. The lowest BCUT2D eigenvalue weighted by Crippen LogP contribution is -2.50. The molecule has 1 saturated carbocycles. The van der Waals surface area contributed by atoms with Crippen LogP contribution in [0.4, 0.5) is 0 Å². The lowest BCUT2D eigenvalue weighted by atomic mass is 9.66. The average Bonchev–Trinajstić information content (AvgIpc) is 3.35. The van der Waals surface area contributed by atoms with Gasteiger partial charge >= 0.3 is 0 Å². The number of amides is 1. The van der Waals surface area contributed by atoms with E-state index in [1.54, 1.807) is 5.56 Å². The molecule has 4 heteroatoms. The van der Waals surface area contributed by atoms with Crippen LogP contribution in [0, 0.1) is 11.3 Å². The molecule has 4 aliphatic rings. The van der Waals surface area contributed by atoms with Crippen molar-refractivity contribution in [2.45, 2.75) is 56.8 Å². The van der Waals surface area contributed by atoms with Gasteiger partial charge in [0.15, 0.2) is 0 Å². The molecule has 2 aliphatic heterocycles. The highest BCUT2D eigenvalue weighted by Gasteiger charge is 2.59. The Balaban J connectivity index is 0.00000168. The Hall–Kier alpha value is -1.06. The molecule has 0 radical (unpaired) electrons. The second-order valence-electron chi connectivity index (χ2n) is 9.02. The first kappa shape index (κ1) is 18.3. The summed E-state index contributed by atoms with van der Waals surface area (Å²) < 4.78 is 0. The Bertz CT molecular complexity index is 684. The van der Waals surface area contributed by atoms with Gasteiger partial charge in [-0.1, -0.05) is 24.3 Å². The fourth-order valence-corrected chi connectivity index (χ4v) is 6.15. The molecule has 3 fully saturated rings. The average molecular weight is 375 g/mol. The molecule has 2 heterocycles. The van der Waals surface area contributed by atoms with Gasteiger partial charge in [0.25, 0.3) is 0 Å². The second kappa shape index (κ2) is 6.83. The molecular weight excluding hydrogens is 344 g/mol. The Morgan fingerprint density at radius 2 is 1.85 bits per heavy atom. The molecule has 3 nitrogen and oxygen atoms in total. The maximum atomic E-state index is 13.3. The molecule has 1 aromatic rings. The zero-order valence-corrected chi connectivity index (χ0v) is 16.5. The van der Waals surface area contributed by atoms with Crippen molar-refractivity contribution in [3.63, 3.8) is 0 Å². The second-order valence-corrected chi connectivity index (χ2v) is 9.02. The number of hydrogen-bond donors (Lipinski definition) is 1. The van der Waals surface area contributed by atoms with Crippen molar-refractivity contribution in [1.29, 1.82) is 0 Å². The fourth-order valence-electron chi connectivity index (χ4n) is 6.15. The van der Waals surface area contributed by atoms with Crippen LogP contribution in [0.3, 0.4) is 0 Å². The number of benzene rings is 1. The topological polar surface area (TPSA) is 32.3 Å². The smallest absolute Gasteiger partial charge is 0.226 e. The van der Waals surface area contributed by atoms with Gasteiger partial charge in [0, 0.05) is 24.4 Å². The van der Waals surface area contributed by atoms with E-state index in [0.717, 1.165) is 32.6 Å². The SMILES string of the molecule is Cl.O=C(C1CC12CCNCC2)N1CCCC2(CCCc3ccccc32)C1. The van der Waals surface area contributed by atoms with Gasteiger partial charge in [-0.15, -0.1) is 12.4 Å². The minimum Gasteiger partial charge on any atom is -0.342 e. The number of halogens is 1. The maximum absolute atomic E-state index is 13.3. The van der Waals surface area contributed by atoms with E-state index in [2.05, 4.69) is 34.5 Å². The summed E-state index contributed by atoms with van der Waals surface area (Å²) >= 11 is 0. The predicted octanol–water partition coefficient (Wildman–Crippen LogP) is 3.69. The molecule has 2 unspecified atom stereocenters. The molecule has 2 atom stereocenters. The van der Waals surface area contributed by atoms with Crippen LogP contribution in [-0.4, -0.2) is 37.0 Å². The van der Waals surface area contributed by atoms with Crippen molar-refractivity contribution in [3.05, 3.63) is 35.4 Å². The van der Waals surface area contributed by atoms with Crippen LogP contribution in [0.15, 0.2) is 24.3 Å². The van der Waals surface area contributed by atoms with Crippen molar-refractivity contribution in [2.24, 2.45) is 11.3 Å². The van der Waals surface area contributed by atoms with Gasteiger partial charge in [-0.3, -0.25) is 4.79 Å². The highest BCUT2D eigenvalue weighted by molar-refractivity contribution is 5.85. The van der Waals surface area contributed by atoms with Crippen LogP contribution < -0.4 is 5.32 Å². The van der Waals surface area contributed by atoms with Gasteiger partial charge in [-0.25, -0.2) is 0 Å². The molecule has 0 bridgehead atoms. The van der Waals surface area contributed by atoms with Crippen LogP contribution in [0.1, 0.15) is 56.1 Å². The molecule has 1 N–H and O–H groups in total. The Morgan fingerprint density at radius 1 is 1.08 bits per heavy atom. The summed E-state index contributed by atoms with van der Waals surface area (Å²) in [5.41, 5.74) is 3.67. The zero-order chi connectivity index (χ0) is 16.9. The number of likely N-dealkylation sites (tertiary alicyclic amines) is 1. The first-order valence-electron chi connectivity index (χ1n) is 10.3. The number of aryl methyl sites for hydroxylation is 1. The van der Waals surface area contributed by atoms with Gasteiger partial charge in [-0.05, 0) is 81.0 Å². The van der Waals surface area contributed by atoms with Gasteiger partial charge < -0.3 is 10.2 Å². The Labute approximate surface area is 163 Å². The number of carbonyl (C=O) groups is 1. The molecule has 1 amide bonds. The monoisotopic (exact) mass is 374 g/mol. The summed E-state index contributed by atoms with van der Waals surface area (Å²) in [4.78, 5) is 15.5. The summed E-state index contributed by atoms with van der Waals surface area (Å²) in [6.07, 6.45) is 9.72. The quantitative estimate of drug-likeness (QED) is 0.812. The van der Waals surface area contributed by atoms with E-state index in [1.165, 1.54) is 50.5 Å². The van der Waals surface area contributed by atoms with E-state index in [1.807, 2.05) is 0 Å². The summed E-state index contributed by atoms with van der Waals surface area (Å²) in [5, 5.41) is 3.45. The third kappa shape index (κ3) is 2.88. The number of piperidine rings is 2. The highest BCUT2D eigenvalue weighted by Crippen LogP contribution is 2.59. The van der Waals surface area contributed by atoms with E-state index >= 15 is 0 Å². The highest BCUT2D eigenvalue weighted by atomic mass is 35.5. The maximum Gasteiger partial charge on any atom is 0.226 e. The van der Waals surface area contributed by atoms with E-state index in [-0.39, 0.29) is 17.8 Å². The van der Waals surface area contributed by atoms with E-state index in [9.17, 15) is 4.79 Å². The number of nitrogens with zero attached hydrogens (tertiary/aromatic N) is 1. The third-order valence-electron chi connectivity index (χ3n) is 7.67. The van der Waals surface area contributed by atoms with Gasteiger partial charge in [-0.2, -0.15) is 0 Å². The standard InChI is InChI=1S/C22H30N2O.ClH/c25-20(19-15-21(19)10-12-23-13-11-21)24-14-4-9-22(16-24)8-3-6-17-5-1-2-7-18(17)22;/h1-2,5,7,19,23H,3-4,6,8-16H2;1H. The van der Waals surface area contributed by atoms with Crippen molar-refractivity contribution < 1.29 is 4.79 Å². The van der Waals surface area contributed by atoms with Crippen molar-refractivity contribution in [3.8, 4) is 0 Å².